The second-order valence-electron chi connectivity index (χ2n) is 8.38. The van der Waals surface area contributed by atoms with E-state index in [4.69, 9.17) is 0 Å². The molecule has 0 radical (unpaired) electrons. The summed E-state index contributed by atoms with van der Waals surface area (Å²) >= 11 is 1.88. The fourth-order valence-corrected chi connectivity index (χ4v) is 6.00. The molecule has 2 aliphatic carbocycles. The van der Waals surface area contributed by atoms with Crippen molar-refractivity contribution in [2.24, 2.45) is 11.3 Å². The molecule has 1 spiro atoms. The first-order chi connectivity index (χ1) is 11.6. The minimum atomic E-state index is 0.169. The van der Waals surface area contributed by atoms with Gasteiger partial charge < -0.3 is 10.2 Å². The van der Waals surface area contributed by atoms with Crippen LogP contribution in [0.4, 0.5) is 0 Å². The SMILES string of the molecule is CNC1(c2cccs2)CCC2(CCN(C(=O)CC3CCC3)C2)CC1. The summed E-state index contributed by atoms with van der Waals surface area (Å²) < 4.78 is 0. The van der Waals surface area contributed by atoms with Crippen molar-refractivity contribution in [1.29, 1.82) is 0 Å². The molecule has 1 aliphatic heterocycles. The van der Waals surface area contributed by atoms with E-state index >= 15 is 0 Å². The maximum atomic E-state index is 12.6. The lowest BCUT2D eigenvalue weighted by Crippen LogP contribution is -2.46. The molecule has 1 aromatic heterocycles. The Balaban J connectivity index is 1.37. The fourth-order valence-electron chi connectivity index (χ4n) is 5.01. The average molecular weight is 347 g/mol. The van der Waals surface area contributed by atoms with E-state index in [9.17, 15) is 4.79 Å². The van der Waals surface area contributed by atoms with Crippen molar-refractivity contribution in [3.05, 3.63) is 22.4 Å². The van der Waals surface area contributed by atoms with Crippen molar-refractivity contribution in [1.82, 2.24) is 10.2 Å². The topological polar surface area (TPSA) is 32.3 Å². The summed E-state index contributed by atoms with van der Waals surface area (Å²) in [4.78, 5) is 16.2. The molecule has 2 heterocycles. The van der Waals surface area contributed by atoms with Gasteiger partial charge in [0.2, 0.25) is 5.91 Å². The van der Waals surface area contributed by atoms with Gasteiger partial charge in [-0.1, -0.05) is 12.5 Å². The van der Waals surface area contributed by atoms with Crippen molar-refractivity contribution in [2.45, 2.75) is 63.3 Å². The molecule has 1 N–H and O–H groups in total. The Bertz CT molecular complexity index is 570. The van der Waals surface area contributed by atoms with Crippen LogP contribution in [0.25, 0.3) is 0 Å². The van der Waals surface area contributed by atoms with E-state index in [0.717, 1.165) is 19.5 Å². The molecule has 2 saturated carbocycles. The van der Waals surface area contributed by atoms with Gasteiger partial charge in [-0.2, -0.15) is 0 Å². The minimum absolute atomic E-state index is 0.169. The molecule has 0 bridgehead atoms. The predicted octanol–water partition coefficient (Wildman–Crippen LogP) is 4.15. The zero-order chi connectivity index (χ0) is 16.6. The maximum absolute atomic E-state index is 12.6. The highest BCUT2D eigenvalue weighted by atomic mass is 32.1. The van der Waals surface area contributed by atoms with Gasteiger partial charge in [0, 0.05) is 24.4 Å². The van der Waals surface area contributed by atoms with Crippen LogP contribution >= 0.6 is 11.3 Å². The third kappa shape index (κ3) is 2.92. The first-order valence-corrected chi connectivity index (χ1v) is 10.5. The molecule has 1 amide bonds. The van der Waals surface area contributed by atoms with Gasteiger partial charge in [0.05, 0.1) is 5.54 Å². The molecule has 0 atom stereocenters. The number of carbonyl (C=O) groups excluding carboxylic acids is 1. The largest absolute Gasteiger partial charge is 0.342 e. The van der Waals surface area contributed by atoms with Crippen LogP contribution < -0.4 is 5.32 Å². The highest BCUT2D eigenvalue weighted by molar-refractivity contribution is 7.10. The summed E-state index contributed by atoms with van der Waals surface area (Å²) in [7, 11) is 2.11. The molecular formula is C20H30N2OS. The number of hydrogen-bond donors (Lipinski definition) is 1. The Labute approximate surface area is 149 Å². The number of likely N-dealkylation sites (tertiary alicyclic amines) is 1. The third-order valence-electron chi connectivity index (χ3n) is 7.11. The highest BCUT2D eigenvalue weighted by Gasteiger charge is 2.47. The predicted molar refractivity (Wildman–Crippen MR) is 99.1 cm³/mol. The van der Waals surface area contributed by atoms with Crippen molar-refractivity contribution < 1.29 is 4.79 Å². The lowest BCUT2D eigenvalue weighted by atomic mass is 9.66. The molecule has 132 valence electrons. The zero-order valence-corrected chi connectivity index (χ0v) is 15.7. The molecular weight excluding hydrogens is 316 g/mol. The highest BCUT2D eigenvalue weighted by Crippen LogP contribution is 2.50. The van der Waals surface area contributed by atoms with Gasteiger partial charge in [-0.3, -0.25) is 4.79 Å². The molecule has 4 rings (SSSR count). The summed E-state index contributed by atoms with van der Waals surface area (Å²) in [6.45, 7) is 2.01. The quantitative estimate of drug-likeness (QED) is 0.888. The van der Waals surface area contributed by atoms with Crippen LogP contribution in [0.5, 0.6) is 0 Å². The molecule has 4 heteroatoms. The normalized spacial score (nSPS) is 33.8. The van der Waals surface area contributed by atoms with Gasteiger partial charge in [-0.15, -0.1) is 11.3 Å². The van der Waals surface area contributed by atoms with E-state index in [1.54, 1.807) is 0 Å². The number of hydrogen-bond acceptors (Lipinski definition) is 3. The van der Waals surface area contributed by atoms with Crippen LogP contribution in [-0.4, -0.2) is 30.9 Å². The molecule has 3 aliphatic rings. The van der Waals surface area contributed by atoms with Crippen molar-refractivity contribution in [3.8, 4) is 0 Å². The molecule has 1 aromatic rings. The first kappa shape index (κ1) is 16.6. The summed E-state index contributed by atoms with van der Waals surface area (Å²) in [5, 5.41) is 5.82. The molecule has 1 saturated heterocycles. The van der Waals surface area contributed by atoms with Gasteiger partial charge in [0.1, 0.15) is 0 Å². The Hall–Kier alpha value is -0.870. The van der Waals surface area contributed by atoms with Gasteiger partial charge in [0.25, 0.3) is 0 Å². The van der Waals surface area contributed by atoms with Crippen LogP contribution in [-0.2, 0) is 10.3 Å². The summed E-state index contributed by atoms with van der Waals surface area (Å²) in [6, 6.07) is 4.45. The average Bonchev–Trinajstić information content (AvgIpc) is 3.23. The number of carbonyl (C=O) groups is 1. The van der Waals surface area contributed by atoms with Crippen LogP contribution in [0.3, 0.4) is 0 Å². The third-order valence-corrected chi connectivity index (χ3v) is 8.19. The molecule has 24 heavy (non-hydrogen) atoms. The summed E-state index contributed by atoms with van der Waals surface area (Å²) in [6.07, 6.45) is 10.8. The van der Waals surface area contributed by atoms with Crippen LogP contribution in [0.2, 0.25) is 0 Å². The smallest absolute Gasteiger partial charge is 0.222 e. The second-order valence-corrected chi connectivity index (χ2v) is 9.32. The lowest BCUT2D eigenvalue weighted by molar-refractivity contribution is -0.132. The van der Waals surface area contributed by atoms with Crippen LogP contribution in [0.15, 0.2) is 17.5 Å². The van der Waals surface area contributed by atoms with Crippen LogP contribution in [0.1, 0.15) is 62.7 Å². The van der Waals surface area contributed by atoms with Gasteiger partial charge in [-0.05, 0) is 74.8 Å². The Morgan fingerprint density at radius 2 is 2.08 bits per heavy atom. The Morgan fingerprint density at radius 3 is 2.67 bits per heavy atom. The van der Waals surface area contributed by atoms with Gasteiger partial charge in [-0.25, -0.2) is 0 Å². The van der Waals surface area contributed by atoms with Gasteiger partial charge >= 0.3 is 0 Å². The molecule has 3 nitrogen and oxygen atoms in total. The number of amides is 1. The number of nitrogens with one attached hydrogen (secondary N) is 1. The zero-order valence-electron chi connectivity index (χ0n) is 14.9. The van der Waals surface area contributed by atoms with E-state index in [0.29, 0.717) is 17.2 Å². The van der Waals surface area contributed by atoms with E-state index in [2.05, 4.69) is 34.8 Å². The Morgan fingerprint density at radius 1 is 1.29 bits per heavy atom. The van der Waals surface area contributed by atoms with E-state index in [-0.39, 0.29) is 5.54 Å². The minimum Gasteiger partial charge on any atom is -0.342 e. The number of thiophene rings is 1. The second kappa shape index (κ2) is 6.45. The number of rotatable bonds is 4. The standard InChI is InChI=1S/C20H30N2OS/c1-21-20(17-6-3-13-24-17)9-7-19(8-10-20)11-12-22(15-19)18(23)14-16-4-2-5-16/h3,6,13,16,21H,2,4-5,7-12,14-15H2,1H3. The number of nitrogens with zero attached hydrogens (tertiary/aromatic N) is 1. The van der Waals surface area contributed by atoms with Crippen LogP contribution in [0, 0.1) is 11.3 Å². The maximum Gasteiger partial charge on any atom is 0.222 e. The fraction of sp³-hybridized carbons (Fsp3) is 0.750. The monoisotopic (exact) mass is 346 g/mol. The Kier molecular flexibility index (Phi) is 4.46. The van der Waals surface area contributed by atoms with E-state index < -0.39 is 0 Å². The van der Waals surface area contributed by atoms with E-state index in [1.165, 1.54) is 56.2 Å². The summed E-state index contributed by atoms with van der Waals surface area (Å²) in [5.41, 5.74) is 0.565. The lowest BCUT2D eigenvalue weighted by Gasteiger charge is -2.44. The first-order valence-electron chi connectivity index (χ1n) is 9.65. The molecule has 3 fully saturated rings. The van der Waals surface area contributed by atoms with Gasteiger partial charge in [0.15, 0.2) is 0 Å². The molecule has 0 unspecified atom stereocenters. The summed E-state index contributed by atoms with van der Waals surface area (Å²) in [5.74, 6) is 1.12. The van der Waals surface area contributed by atoms with Crippen molar-refractivity contribution in [2.75, 3.05) is 20.1 Å². The van der Waals surface area contributed by atoms with Crippen molar-refractivity contribution >= 4 is 17.2 Å². The van der Waals surface area contributed by atoms with Crippen molar-refractivity contribution in [3.63, 3.8) is 0 Å². The van der Waals surface area contributed by atoms with E-state index in [1.807, 2.05) is 11.3 Å². The molecule has 0 aromatic carbocycles.